The highest BCUT2D eigenvalue weighted by atomic mass is 79.9. The molecule has 0 atom stereocenters. The fraction of sp³-hybridized carbons (Fsp3) is 0.455. The van der Waals surface area contributed by atoms with Gasteiger partial charge >= 0.3 is 6.18 Å². The fourth-order valence-corrected chi connectivity index (χ4v) is 2.19. The first-order valence-electron chi connectivity index (χ1n) is 5.11. The molecule has 18 heavy (non-hydrogen) atoms. The van der Waals surface area contributed by atoms with E-state index in [4.69, 9.17) is 11.6 Å². The van der Waals surface area contributed by atoms with E-state index in [2.05, 4.69) is 15.9 Å². The molecule has 0 aliphatic heterocycles. The normalized spacial score (nSPS) is 12.2. The molecule has 1 aromatic carbocycles. The van der Waals surface area contributed by atoms with Crippen molar-refractivity contribution in [1.29, 1.82) is 0 Å². The van der Waals surface area contributed by atoms with Gasteiger partial charge in [-0.1, -0.05) is 27.5 Å². The largest absolute Gasteiger partial charge is 0.401 e. The average molecular weight is 349 g/mol. The van der Waals surface area contributed by atoms with Crippen molar-refractivity contribution in [3.8, 4) is 0 Å². The van der Waals surface area contributed by atoms with Crippen LogP contribution in [-0.2, 0) is 6.54 Å². The molecule has 0 saturated carbocycles. The molecule has 0 N–H and O–H groups in total. The molecule has 0 spiro atoms. The standard InChI is InChI=1S/C11H11BrClF4N/c12-3-4-18(7-11(15,16)17)6-8-5-9(13)1-2-10(8)14/h1-2,5H,3-4,6-7H2. The quantitative estimate of drug-likeness (QED) is 0.568. The maximum absolute atomic E-state index is 13.4. The molecule has 102 valence electrons. The van der Waals surface area contributed by atoms with Crippen molar-refractivity contribution < 1.29 is 17.6 Å². The second kappa shape index (κ2) is 6.73. The maximum Gasteiger partial charge on any atom is 0.401 e. The molecule has 1 aromatic rings. The Hall–Kier alpha value is -0.330. The summed E-state index contributed by atoms with van der Waals surface area (Å²) in [5.41, 5.74) is 0.160. The van der Waals surface area contributed by atoms with Crippen molar-refractivity contribution in [3.63, 3.8) is 0 Å². The van der Waals surface area contributed by atoms with Gasteiger partial charge in [0, 0.05) is 29.0 Å². The van der Waals surface area contributed by atoms with E-state index in [-0.39, 0.29) is 18.7 Å². The molecule has 1 rings (SSSR count). The van der Waals surface area contributed by atoms with Crippen LogP contribution in [0.2, 0.25) is 5.02 Å². The van der Waals surface area contributed by atoms with Gasteiger partial charge in [-0.05, 0) is 18.2 Å². The van der Waals surface area contributed by atoms with Crippen molar-refractivity contribution in [2.45, 2.75) is 12.7 Å². The number of halogens is 6. The highest BCUT2D eigenvalue weighted by Crippen LogP contribution is 2.21. The number of benzene rings is 1. The minimum absolute atomic E-state index is 0.127. The molecule has 0 radical (unpaired) electrons. The van der Waals surface area contributed by atoms with Gasteiger partial charge in [0.1, 0.15) is 5.82 Å². The van der Waals surface area contributed by atoms with E-state index in [0.717, 1.165) is 11.0 Å². The molecule has 0 bridgehead atoms. The Balaban J connectivity index is 2.79. The summed E-state index contributed by atoms with van der Waals surface area (Å²) in [5, 5.41) is 0.683. The maximum atomic E-state index is 13.4. The van der Waals surface area contributed by atoms with Gasteiger partial charge in [-0.2, -0.15) is 13.2 Å². The Morgan fingerprint density at radius 3 is 2.50 bits per heavy atom. The van der Waals surface area contributed by atoms with Crippen LogP contribution in [0.4, 0.5) is 17.6 Å². The van der Waals surface area contributed by atoms with Crippen molar-refractivity contribution in [2.24, 2.45) is 0 Å². The zero-order valence-corrected chi connectivity index (χ0v) is 11.6. The highest BCUT2D eigenvalue weighted by Gasteiger charge is 2.30. The van der Waals surface area contributed by atoms with Gasteiger partial charge in [-0.25, -0.2) is 4.39 Å². The zero-order valence-electron chi connectivity index (χ0n) is 9.28. The first-order valence-corrected chi connectivity index (χ1v) is 6.61. The molecule has 0 heterocycles. The van der Waals surface area contributed by atoms with Gasteiger partial charge in [-0.15, -0.1) is 0 Å². The lowest BCUT2D eigenvalue weighted by Gasteiger charge is -2.23. The summed E-state index contributed by atoms with van der Waals surface area (Å²) in [6.07, 6.45) is -4.31. The van der Waals surface area contributed by atoms with Gasteiger partial charge in [-0.3, -0.25) is 4.90 Å². The Labute approximate surface area is 116 Å². The van der Waals surface area contributed by atoms with E-state index in [0.29, 0.717) is 10.4 Å². The van der Waals surface area contributed by atoms with E-state index in [1.54, 1.807) is 0 Å². The number of nitrogens with zero attached hydrogens (tertiary/aromatic N) is 1. The van der Waals surface area contributed by atoms with Crippen LogP contribution in [0.25, 0.3) is 0 Å². The second-order valence-corrected chi connectivity index (χ2v) is 4.98. The predicted molar refractivity (Wildman–Crippen MR) is 66.5 cm³/mol. The summed E-state index contributed by atoms with van der Waals surface area (Å²) >= 11 is 8.77. The lowest BCUT2D eigenvalue weighted by atomic mass is 10.2. The lowest BCUT2D eigenvalue weighted by Crippen LogP contribution is -2.35. The van der Waals surface area contributed by atoms with Gasteiger partial charge in [0.05, 0.1) is 6.54 Å². The van der Waals surface area contributed by atoms with E-state index in [9.17, 15) is 17.6 Å². The molecule has 0 aliphatic rings. The average Bonchev–Trinajstić information content (AvgIpc) is 2.21. The molecule has 7 heteroatoms. The lowest BCUT2D eigenvalue weighted by molar-refractivity contribution is -0.146. The van der Waals surface area contributed by atoms with Gasteiger partial charge < -0.3 is 0 Å². The molecule has 0 aliphatic carbocycles. The Kier molecular flexibility index (Phi) is 5.88. The first kappa shape index (κ1) is 15.7. The predicted octanol–water partition coefficient (Wildman–Crippen LogP) is 4.24. The van der Waals surface area contributed by atoms with Crippen LogP contribution in [0, 0.1) is 5.82 Å². The molecular weight excluding hydrogens is 337 g/mol. The van der Waals surface area contributed by atoms with Crippen LogP contribution in [-0.4, -0.2) is 29.5 Å². The number of hydrogen-bond donors (Lipinski definition) is 0. The first-order chi connectivity index (χ1) is 8.31. The number of hydrogen-bond acceptors (Lipinski definition) is 1. The summed E-state index contributed by atoms with van der Waals surface area (Å²) in [6, 6.07) is 3.85. The van der Waals surface area contributed by atoms with Crippen LogP contribution in [0.1, 0.15) is 5.56 Å². The number of rotatable bonds is 5. The van der Waals surface area contributed by atoms with E-state index in [1.165, 1.54) is 12.1 Å². The third kappa shape index (κ3) is 5.54. The summed E-state index contributed by atoms with van der Waals surface area (Å²) in [7, 11) is 0. The monoisotopic (exact) mass is 347 g/mol. The van der Waals surface area contributed by atoms with Gasteiger partial charge in [0.15, 0.2) is 0 Å². The third-order valence-corrected chi connectivity index (χ3v) is 2.80. The molecule has 0 saturated heterocycles. The Morgan fingerprint density at radius 1 is 1.28 bits per heavy atom. The van der Waals surface area contributed by atoms with Crippen molar-refractivity contribution in [2.75, 3.05) is 18.4 Å². The van der Waals surface area contributed by atoms with Crippen LogP contribution in [0.15, 0.2) is 18.2 Å². The topological polar surface area (TPSA) is 3.24 Å². The van der Waals surface area contributed by atoms with Gasteiger partial charge in [0.25, 0.3) is 0 Å². The summed E-state index contributed by atoms with van der Waals surface area (Å²) < 4.78 is 50.4. The van der Waals surface area contributed by atoms with E-state index < -0.39 is 18.5 Å². The molecule has 0 fully saturated rings. The van der Waals surface area contributed by atoms with Crippen molar-refractivity contribution in [1.82, 2.24) is 4.90 Å². The van der Waals surface area contributed by atoms with E-state index in [1.807, 2.05) is 0 Å². The van der Waals surface area contributed by atoms with Crippen LogP contribution in [0.3, 0.4) is 0 Å². The van der Waals surface area contributed by atoms with E-state index >= 15 is 0 Å². The molecular formula is C11H11BrClF4N. The van der Waals surface area contributed by atoms with Gasteiger partial charge in [0.2, 0.25) is 0 Å². The Bertz CT molecular complexity index is 397. The Morgan fingerprint density at radius 2 is 1.94 bits per heavy atom. The van der Waals surface area contributed by atoms with Crippen LogP contribution >= 0.6 is 27.5 Å². The summed E-state index contributed by atoms with van der Waals surface area (Å²) in [4.78, 5) is 1.11. The number of alkyl halides is 4. The summed E-state index contributed by atoms with van der Waals surface area (Å²) in [6.45, 7) is -1.03. The van der Waals surface area contributed by atoms with Crippen molar-refractivity contribution in [3.05, 3.63) is 34.6 Å². The molecule has 0 aromatic heterocycles. The molecule has 0 unspecified atom stereocenters. The van der Waals surface area contributed by atoms with Crippen molar-refractivity contribution >= 4 is 27.5 Å². The second-order valence-electron chi connectivity index (χ2n) is 3.75. The third-order valence-electron chi connectivity index (χ3n) is 2.21. The molecule has 1 nitrogen and oxygen atoms in total. The van der Waals surface area contributed by atoms with Crippen LogP contribution in [0.5, 0.6) is 0 Å². The molecule has 0 amide bonds. The SMILES string of the molecule is Fc1ccc(Cl)cc1CN(CCBr)CC(F)(F)F. The zero-order chi connectivity index (χ0) is 13.8. The summed E-state index contributed by atoms with van der Waals surface area (Å²) in [5.74, 6) is -0.554. The smallest absolute Gasteiger partial charge is 0.290 e. The fourth-order valence-electron chi connectivity index (χ4n) is 1.49. The highest BCUT2D eigenvalue weighted by molar-refractivity contribution is 9.09. The van der Waals surface area contributed by atoms with Crippen LogP contribution < -0.4 is 0 Å². The minimum atomic E-state index is -4.31. The minimum Gasteiger partial charge on any atom is -0.290 e.